The van der Waals surface area contributed by atoms with Crippen LogP contribution in [0.4, 0.5) is 0 Å². The van der Waals surface area contributed by atoms with Crippen molar-refractivity contribution in [3.8, 4) is 0 Å². The predicted octanol–water partition coefficient (Wildman–Crippen LogP) is 4.27. The summed E-state index contributed by atoms with van der Waals surface area (Å²) < 4.78 is 3.03. The number of likely N-dealkylation sites (N-methyl/N-ethyl adjacent to an activating group) is 1. The highest BCUT2D eigenvalue weighted by Crippen LogP contribution is 2.40. The maximum absolute atomic E-state index is 4.38. The molecule has 0 bridgehead atoms. The van der Waals surface area contributed by atoms with Gasteiger partial charge >= 0.3 is 0 Å². The first-order valence-corrected chi connectivity index (χ1v) is 8.29. The smallest absolute Gasteiger partial charge is 0.0698 e. The number of hydrogen-bond donors (Lipinski definition) is 1. The topological polar surface area (TPSA) is 29.9 Å². The average molecular weight is 350 g/mol. The molecule has 0 aliphatic heterocycles. The van der Waals surface area contributed by atoms with Crippen LogP contribution in [0.5, 0.6) is 0 Å². The van der Waals surface area contributed by atoms with Crippen molar-refractivity contribution in [2.24, 2.45) is 13.0 Å². The van der Waals surface area contributed by atoms with E-state index in [4.69, 9.17) is 0 Å². The molecule has 1 aromatic heterocycles. The fraction of sp³-hybridized carbons (Fsp3) is 0.471. The van der Waals surface area contributed by atoms with Crippen molar-refractivity contribution in [1.82, 2.24) is 15.1 Å². The van der Waals surface area contributed by atoms with Crippen LogP contribution in [0.2, 0.25) is 0 Å². The Labute approximate surface area is 135 Å². The second kappa shape index (κ2) is 7.23. The van der Waals surface area contributed by atoms with E-state index in [2.05, 4.69) is 70.5 Å². The first kappa shape index (κ1) is 16.2. The molecule has 0 amide bonds. The highest BCUT2D eigenvalue weighted by molar-refractivity contribution is 9.10. The van der Waals surface area contributed by atoms with Crippen LogP contribution in [0, 0.1) is 5.92 Å². The van der Waals surface area contributed by atoms with Gasteiger partial charge in [-0.2, -0.15) is 5.10 Å². The van der Waals surface area contributed by atoms with Gasteiger partial charge in [0.25, 0.3) is 0 Å². The molecular formula is C17H24BrN3. The molecule has 2 rings (SSSR count). The summed E-state index contributed by atoms with van der Waals surface area (Å²) in [7, 11) is 4.03. The second-order valence-corrected chi connectivity index (χ2v) is 6.44. The zero-order valence-electron chi connectivity index (χ0n) is 13.2. The van der Waals surface area contributed by atoms with Crippen LogP contribution in [0.3, 0.4) is 0 Å². The first-order valence-electron chi connectivity index (χ1n) is 7.49. The van der Waals surface area contributed by atoms with E-state index in [1.165, 1.54) is 11.3 Å². The van der Waals surface area contributed by atoms with Crippen LogP contribution in [0.1, 0.15) is 43.5 Å². The van der Waals surface area contributed by atoms with Crippen LogP contribution in [0.15, 0.2) is 41.0 Å². The third-order valence-electron chi connectivity index (χ3n) is 4.34. The van der Waals surface area contributed by atoms with Gasteiger partial charge in [0.1, 0.15) is 0 Å². The van der Waals surface area contributed by atoms with E-state index in [0.717, 1.165) is 10.9 Å². The van der Waals surface area contributed by atoms with E-state index in [-0.39, 0.29) is 6.04 Å². The van der Waals surface area contributed by atoms with Crippen molar-refractivity contribution in [2.45, 2.75) is 32.2 Å². The third kappa shape index (κ3) is 3.38. The van der Waals surface area contributed by atoms with Crippen LogP contribution in [-0.4, -0.2) is 16.8 Å². The molecule has 0 spiro atoms. The van der Waals surface area contributed by atoms with Crippen molar-refractivity contribution in [3.05, 3.63) is 52.3 Å². The van der Waals surface area contributed by atoms with Gasteiger partial charge < -0.3 is 5.32 Å². The third-order valence-corrected chi connectivity index (χ3v) is 4.95. The van der Waals surface area contributed by atoms with E-state index in [0.29, 0.717) is 11.8 Å². The number of rotatable bonds is 6. The predicted molar refractivity (Wildman–Crippen MR) is 91.3 cm³/mol. The fourth-order valence-electron chi connectivity index (χ4n) is 3.04. The Morgan fingerprint density at radius 2 is 1.95 bits per heavy atom. The Kier molecular flexibility index (Phi) is 5.59. The molecule has 21 heavy (non-hydrogen) atoms. The summed E-state index contributed by atoms with van der Waals surface area (Å²) in [6, 6.07) is 11.0. The van der Waals surface area contributed by atoms with Gasteiger partial charge in [0.15, 0.2) is 0 Å². The van der Waals surface area contributed by atoms with Crippen LogP contribution in [-0.2, 0) is 7.05 Å². The molecule has 3 atom stereocenters. The molecule has 4 heteroatoms. The van der Waals surface area contributed by atoms with Crippen molar-refractivity contribution in [2.75, 3.05) is 7.05 Å². The summed E-state index contributed by atoms with van der Waals surface area (Å²) in [4.78, 5) is 0. The van der Waals surface area contributed by atoms with Gasteiger partial charge in [0.2, 0.25) is 0 Å². The minimum absolute atomic E-state index is 0.226. The molecule has 1 N–H and O–H groups in total. The molecule has 1 aromatic carbocycles. The summed E-state index contributed by atoms with van der Waals surface area (Å²) in [5.41, 5.74) is 2.57. The van der Waals surface area contributed by atoms with Crippen molar-refractivity contribution in [3.63, 3.8) is 0 Å². The Bertz CT molecular complexity index is 545. The summed E-state index contributed by atoms with van der Waals surface area (Å²) in [6.45, 7) is 4.58. The lowest BCUT2D eigenvalue weighted by molar-refractivity contribution is 0.341. The lowest BCUT2D eigenvalue weighted by Crippen LogP contribution is -2.30. The molecule has 3 unspecified atom stereocenters. The van der Waals surface area contributed by atoms with E-state index in [9.17, 15) is 0 Å². The minimum Gasteiger partial charge on any atom is -0.311 e. The van der Waals surface area contributed by atoms with Gasteiger partial charge in [-0.05, 0) is 34.5 Å². The molecule has 3 nitrogen and oxygen atoms in total. The molecule has 0 aliphatic rings. The molecular weight excluding hydrogens is 326 g/mol. The van der Waals surface area contributed by atoms with Crippen LogP contribution in [0.25, 0.3) is 0 Å². The van der Waals surface area contributed by atoms with Crippen LogP contribution >= 0.6 is 15.9 Å². The normalized spacial score (nSPS) is 15.7. The summed E-state index contributed by atoms with van der Waals surface area (Å²) >= 11 is 3.65. The first-order chi connectivity index (χ1) is 10.1. The highest BCUT2D eigenvalue weighted by atomic mass is 79.9. The maximum atomic E-state index is 4.38. The van der Waals surface area contributed by atoms with E-state index in [1.54, 1.807) is 0 Å². The van der Waals surface area contributed by atoms with Gasteiger partial charge in [0.05, 0.1) is 22.4 Å². The van der Waals surface area contributed by atoms with Gasteiger partial charge in [-0.25, -0.2) is 0 Å². The second-order valence-electron chi connectivity index (χ2n) is 5.59. The SMILES string of the molecule is CCC(C)C(c1ccccc1)C(NC)c1c(Br)cnn1C. The van der Waals surface area contributed by atoms with E-state index in [1.807, 2.05) is 25.0 Å². The number of aromatic nitrogens is 2. The maximum Gasteiger partial charge on any atom is 0.0698 e. The van der Waals surface area contributed by atoms with E-state index < -0.39 is 0 Å². The standard InChI is InChI=1S/C17H24BrN3/c1-5-12(2)15(13-9-7-6-8-10-13)16(19-3)17-14(18)11-20-21(17)4/h6-12,15-16,19H,5H2,1-4H3. The summed E-state index contributed by atoms with van der Waals surface area (Å²) in [5, 5.41) is 7.89. The molecule has 0 radical (unpaired) electrons. The quantitative estimate of drug-likeness (QED) is 0.843. The molecule has 1 heterocycles. The monoisotopic (exact) mass is 349 g/mol. The van der Waals surface area contributed by atoms with Gasteiger partial charge in [-0.15, -0.1) is 0 Å². The van der Waals surface area contributed by atoms with Gasteiger partial charge in [-0.1, -0.05) is 50.6 Å². The van der Waals surface area contributed by atoms with Crippen molar-refractivity contribution in [1.29, 1.82) is 0 Å². The zero-order chi connectivity index (χ0) is 15.4. The fourth-order valence-corrected chi connectivity index (χ4v) is 3.63. The molecule has 0 saturated carbocycles. The van der Waals surface area contributed by atoms with Crippen molar-refractivity contribution < 1.29 is 0 Å². The molecule has 2 aromatic rings. The van der Waals surface area contributed by atoms with E-state index >= 15 is 0 Å². The van der Waals surface area contributed by atoms with Crippen molar-refractivity contribution >= 4 is 15.9 Å². The Morgan fingerprint density at radius 1 is 1.29 bits per heavy atom. The Morgan fingerprint density at radius 3 is 2.43 bits per heavy atom. The Balaban J connectivity index is 2.48. The highest BCUT2D eigenvalue weighted by Gasteiger charge is 2.31. The number of aryl methyl sites for hydroxylation is 1. The Hall–Kier alpha value is -1.13. The minimum atomic E-state index is 0.226. The lowest BCUT2D eigenvalue weighted by atomic mass is 9.79. The average Bonchev–Trinajstić information content (AvgIpc) is 2.84. The molecule has 0 aliphatic carbocycles. The number of hydrogen-bond acceptors (Lipinski definition) is 2. The number of nitrogens with one attached hydrogen (secondary N) is 1. The summed E-state index contributed by atoms with van der Waals surface area (Å²) in [6.07, 6.45) is 3.02. The molecule has 114 valence electrons. The van der Waals surface area contributed by atoms with Gasteiger partial charge in [-0.3, -0.25) is 4.68 Å². The number of nitrogens with zero attached hydrogens (tertiary/aromatic N) is 2. The molecule has 0 saturated heterocycles. The van der Waals surface area contributed by atoms with Crippen LogP contribution < -0.4 is 5.32 Å². The lowest BCUT2D eigenvalue weighted by Gasteiger charge is -2.32. The van der Waals surface area contributed by atoms with Gasteiger partial charge in [0, 0.05) is 13.0 Å². The molecule has 0 fully saturated rings. The largest absolute Gasteiger partial charge is 0.311 e. The number of halogens is 1. The number of benzene rings is 1. The summed E-state index contributed by atoms with van der Waals surface area (Å²) in [5.74, 6) is 0.986. The zero-order valence-corrected chi connectivity index (χ0v) is 14.8.